The standard InChI is InChI=1S/C11H11F3OS/c1-15-10-7-8(3-2-6-16)4-5-9(10)11(12,13)14/h2-5,7,16H,6H2,1H3. The predicted molar refractivity (Wildman–Crippen MR) is 60.9 cm³/mol. The summed E-state index contributed by atoms with van der Waals surface area (Å²) < 4.78 is 42.2. The van der Waals surface area contributed by atoms with Crippen molar-refractivity contribution in [2.45, 2.75) is 6.18 Å². The molecule has 88 valence electrons. The lowest BCUT2D eigenvalue weighted by molar-refractivity contribution is -0.138. The van der Waals surface area contributed by atoms with Crippen molar-refractivity contribution < 1.29 is 17.9 Å². The summed E-state index contributed by atoms with van der Waals surface area (Å²) in [6, 6.07) is 3.76. The van der Waals surface area contributed by atoms with Gasteiger partial charge in [0, 0.05) is 5.75 Å². The zero-order chi connectivity index (χ0) is 12.2. The highest BCUT2D eigenvalue weighted by molar-refractivity contribution is 7.80. The minimum absolute atomic E-state index is 0.172. The molecule has 0 aliphatic rings. The predicted octanol–water partition coefficient (Wildman–Crippen LogP) is 3.66. The number of hydrogen-bond acceptors (Lipinski definition) is 2. The average Bonchev–Trinajstić information content (AvgIpc) is 2.24. The van der Waals surface area contributed by atoms with Crippen LogP contribution in [-0.4, -0.2) is 12.9 Å². The van der Waals surface area contributed by atoms with Crippen LogP contribution in [0.25, 0.3) is 6.08 Å². The van der Waals surface area contributed by atoms with E-state index in [1.54, 1.807) is 12.2 Å². The Labute approximate surface area is 97.3 Å². The molecule has 0 aromatic heterocycles. The Kier molecular flexibility index (Phi) is 4.29. The van der Waals surface area contributed by atoms with Crippen molar-refractivity contribution in [3.63, 3.8) is 0 Å². The monoisotopic (exact) mass is 248 g/mol. The number of hydrogen-bond donors (Lipinski definition) is 1. The molecule has 0 amide bonds. The van der Waals surface area contributed by atoms with E-state index in [2.05, 4.69) is 12.6 Å². The lowest BCUT2D eigenvalue weighted by atomic mass is 10.1. The van der Waals surface area contributed by atoms with Crippen LogP contribution in [0, 0.1) is 0 Å². The summed E-state index contributed by atoms with van der Waals surface area (Å²) in [7, 11) is 1.22. The van der Waals surface area contributed by atoms with Crippen LogP contribution in [-0.2, 0) is 6.18 Å². The van der Waals surface area contributed by atoms with E-state index < -0.39 is 11.7 Å². The summed E-state index contributed by atoms with van der Waals surface area (Å²) in [5.74, 6) is 0.359. The van der Waals surface area contributed by atoms with Gasteiger partial charge >= 0.3 is 6.18 Å². The van der Waals surface area contributed by atoms with Gasteiger partial charge in [-0.25, -0.2) is 0 Å². The first-order valence-electron chi connectivity index (χ1n) is 4.51. The lowest BCUT2D eigenvalue weighted by Crippen LogP contribution is -2.07. The van der Waals surface area contributed by atoms with Crippen LogP contribution in [0.4, 0.5) is 13.2 Å². The second-order valence-electron chi connectivity index (χ2n) is 3.04. The number of thiol groups is 1. The van der Waals surface area contributed by atoms with Gasteiger partial charge in [-0.05, 0) is 17.7 Å². The molecule has 0 bridgehead atoms. The van der Waals surface area contributed by atoms with Crippen LogP contribution in [0.3, 0.4) is 0 Å². The zero-order valence-electron chi connectivity index (χ0n) is 8.58. The third-order valence-corrected chi connectivity index (χ3v) is 2.16. The van der Waals surface area contributed by atoms with Gasteiger partial charge in [0.25, 0.3) is 0 Å². The SMILES string of the molecule is COc1cc(C=CCS)ccc1C(F)(F)F. The first-order chi connectivity index (χ1) is 7.49. The molecule has 1 nitrogen and oxygen atoms in total. The van der Waals surface area contributed by atoms with Crippen LogP contribution in [0.1, 0.15) is 11.1 Å². The molecular formula is C11H11F3OS. The number of rotatable bonds is 3. The van der Waals surface area contributed by atoms with Gasteiger partial charge in [-0.15, -0.1) is 0 Å². The quantitative estimate of drug-likeness (QED) is 0.803. The Morgan fingerprint density at radius 1 is 1.38 bits per heavy atom. The van der Waals surface area contributed by atoms with Crippen molar-refractivity contribution in [1.82, 2.24) is 0 Å². The van der Waals surface area contributed by atoms with Crippen molar-refractivity contribution in [1.29, 1.82) is 0 Å². The van der Waals surface area contributed by atoms with Gasteiger partial charge in [-0.3, -0.25) is 0 Å². The summed E-state index contributed by atoms with van der Waals surface area (Å²) in [5, 5.41) is 0. The van der Waals surface area contributed by atoms with Gasteiger partial charge in [0.15, 0.2) is 0 Å². The molecule has 0 atom stereocenters. The molecule has 0 unspecified atom stereocenters. The highest BCUT2D eigenvalue weighted by atomic mass is 32.1. The van der Waals surface area contributed by atoms with E-state index in [1.807, 2.05) is 0 Å². The highest BCUT2D eigenvalue weighted by Crippen LogP contribution is 2.36. The summed E-state index contributed by atoms with van der Waals surface area (Å²) in [6.07, 6.45) is -0.960. The Balaban J connectivity index is 3.12. The van der Waals surface area contributed by atoms with Gasteiger partial charge < -0.3 is 4.74 Å². The lowest BCUT2D eigenvalue weighted by Gasteiger charge is -2.12. The van der Waals surface area contributed by atoms with E-state index in [1.165, 1.54) is 19.2 Å². The fourth-order valence-electron chi connectivity index (χ4n) is 1.23. The molecule has 0 aliphatic carbocycles. The van der Waals surface area contributed by atoms with E-state index in [0.717, 1.165) is 6.07 Å². The molecule has 16 heavy (non-hydrogen) atoms. The van der Waals surface area contributed by atoms with Gasteiger partial charge in [-0.1, -0.05) is 18.2 Å². The first-order valence-corrected chi connectivity index (χ1v) is 5.15. The minimum Gasteiger partial charge on any atom is -0.496 e. The molecule has 1 rings (SSSR count). The normalized spacial score (nSPS) is 12.1. The molecule has 0 radical (unpaired) electrons. The molecule has 1 aromatic carbocycles. The van der Waals surface area contributed by atoms with Crippen LogP contribution in [0.5, 0.6) is 5.75 Å². The number of benzene rings is 1. The van der Waals surface area contributed by atoms with E-state index in [4.69, 9.17) is 4.74 Å². The maximum atomic E-state index is 12.5. The number of methoxy groups -OCH3 is 1. The van der Waals surface area contributed by atoms with Crippen LogP contribution < -0.4 is 4.74 Å². The molecule has 0 saturated heterocycles. The Hall–Kier alpha value is -1.10. The number of alkyl halides is 3. The molecule has 0 spiro atoms. The van der Waals surface area contributed by atoms with Crippen LogP contribution >= 0.6 is 12.6 Å². The first kappa shape index (κ1) is 13.0. The maximum Gasteiger partial charge on any atom is 0.419 e. The Morgan fingerprint density at radius 3 is 2.56 bits per heavy atom. The smallest absolute Gasteiger partial charge is 0.419 e. The minimum atomic E-state index is -4.39. The summed E-state index contributed by atoms with van der Waals surface area (Å²) >= 11 is 3.97. The van der Waals surface area contributed by atoms with Gasteiger partial charge in [0.2, 0.25) is 0 Å². The van der Waals surface area contributed by atoms with Gasteiger partial charge in [-0.2, -0.15) is 25.8 Å². The van der Waals surface area contributed by atoms with Crippen molar-refractivity contribution in [2.24, 2.45) is 0 Å². The Morgan fingerprint density at radius 2 is 2.06 bits per heavy atom. The fourth-order valence-corrected chi connectivity index (χ4v) is 1.34. The zero-order valence-corrected chi connectivity index (χ0v) is 9.48. The molecule has 5 heteroatoms. The molecule has 0 heterocycles. The third kappa shape index (κ3) is 3.20. The maximum absolute atomic E-state index is 12.5. The van der Waals surface area contributed by atoms with Crippen molar-refractivity contribution >= 4 is 18.7 Å². The van der Waals surface area contributed by atoms with E-state index in [-0.39, 0.29) is 5.75 Å². The second kappa shape index (κ2) is 5.30. The van der Waals surface area contributed by atoms with E-state index in [9.17, 15) is 13.2 Å². The third-order valence-electron chi connectivity index (χ3n) is 1.95. The van der Waals surface area contributed by atoms with Gasteiger partial charge in [0.1, 0.15) is 5.75 Å². The molecular weight excluding hydrogens is 237 g/mol. The molecule has 0 N–H and O–H groups in total. The second-order valence-corrected chi connectivity index (χ2v) is 3.41. The van der Waals surface area contributed by atoms with Crippen LogP contribution in [0.15, 0.2) is 24.3 Å². The number of halogens is 3. The fraction of sp³-hybridized carbons (Fsp3) is 0.273. The Bertz CT molecular complexity index is 385. The summed E-state index contributed by atoms with van der Waals surface area (Å²) in [4.78, 5) is 0. The number of ether oxygens (including phenoxy) is 1. The van der Waals surface area contributed by atoms with Gasteiger partial charge in [0.05, 0.1) is 12.7 Å². The summed E-state index contributed by atoms with van der Waals surface area (Å²) in [5.41, 5.74) is -0.114. The van der Waals surface area contributed by atoms with Crippen LogP contribution in [0.2, 0.25) is 0 Å². The molecule has 0 saturated carbocycles. The molecule has 1 aromatic rings. The molecule has 0 fully saturated rings. The highest BCUT2D eigenvalue weighted by Gasteiger charge is 2.34. The topological polar surface area (TPSA) is 9.23 Å². The van der Waals surface area contributed by atoms with E-state index >= 15 is 0 Å². The molecule has 0 aliphatic heterocycles. The average molecular weight is 248 g/mol. The van der Waals surface area contributed by atoms with Crippen molar-refractivity contribution in [2.75, 3.05) is 12.9 Å². The van der Waals surface area contributed by atoms with E-state index in [0.29, 0.717) is 11.3 Å². The van der Waals surface area contributed by atoms with Crippen molar-refractivity contribution in [3.05, 3.63) is 35.4 Å². The van der Waals surface area contributed by atoms with Crippen molar-refractivity contribution in [3.8, 4) is 5.75 Å². The summed E-state index contributed by atoms with van der Waals surface area (Å²) in [6.45, 7) is 0. The largest absolute Gasteiger partial charge is 0.496 e.